The van der Waals surface area contributed by atoms with Crippen LogP contribution in [0.5, 0.6) is 0 Å². The summed E-state index contributed by atoms with van der Waals surface area (Å²) in [6.07, 6.45) is 2.16. The van der Waals surface area contributed by atoms with Crippen LogP contribution in [0.25, 0.3) is 0 Å². The Morgan fingerprint density at radius 2 is 1.92 bits per heavy atom. The van der Waals surface area contributed by atoms with Crippen molar-refractivity contribution in [2.75, 3.05) is 13.1 Å². The van der Waals surface area contributed by atoms with Gasteiger partial charge < -0.3 is 5.32 Å². The molecular formula is C10H19F2N. The van der Waals surface area contributed by atoms with Crippen LogP contribution in [0.4, 0.5) is 8.78 Å². The van der Waals surface area contributed by atoms with Crippen LogP contribution in [0.2, 0.25) is 0 Å². The summed E-state index contributed by atoms with van der Waals surface area (Å²) >= 11 is 0. The van der Waals surface area contributed by atoms with Gasteiger partial charge in [0.2, 0.25) is 0 Å². The van der Waals surface area contributed by atoms with Crippen LogP contribution in [0, 0.1) is 11.8 Å². The molecule has 1 fully saturated rings. The molecule has 1 aliphatic rings. The van der Waals surface area contributed by atoms with Crippen LogP contribution in [0.15, 0.2) is 0 Å². The van der Waals surface area contributed by atoms with Gasteiger partial charge in [-0.25, -0.2) is 8.78 Å². The summed E-state index contributed by atoms with van der Waals surface area (Å²) in [5, 5.41) is 3.15. The zero-order valence-electron chi connectivity index (χ0n) is 8.45. The molecule has 78 valence electrons. The van der Waals surface area contributed by atoms with Crippen LogP contribution in [-0.2, 0) is 0 Å². The van der Waals surface area contributed by atoms with Gasteiger partial charge in [-0.2, -0.15) is 0 Å². The van der Waals surface area contributed by atoms with E-state index in [2.05, 4.69) is 5.32 Å². The molecule has 0 saturated carbocycles. The van der Waals surface area contributed by atoms with Crippen LogP contribution in [0.1, 0.15) is 33.1 Å². The first-order chi connectivity index (χ1) is 6.05. The Labute approximate surface area is 78.9 Å². The normalized spacial score (nSPS) is 26.1. The van der Waals surface area contributed by atoms with E-state index in [1.165, 1.54) is 0 Å². The number of nitrogens with one attached hydrogen (secondary N) is 1. The van der Waals surface area contributed by atoms with Gasteiger partial charge in [0, 0.05) is 11.8 Å². The van der Waals surface area contributed by atoms with E-state index in [0.717, 1.165) is 19.5 Å². The van der Waals surface area contributed by atoms with Crippen molar-refractivity contribution in [1.82, 2.24) is 5.32 Å². The fourth-order valence-corrected chi connectivity index (χ4v) is 1.88. The van der Waals surface area contributed by atoms with E-state index in [9.17, 15) is 8.78 Å². The van der Waals surface area contributed by atoms with Crippen molar-refractivity contribution >= 4 is 0 Å². The van der Waals surface area contributed by atoms with Crippen LogP contribution in [0.3, 0.4) is 0 Å². The SMILES string of the molecule is CC(C)C(F)(F)C1CCCNCC1. The van der Waals surface area contributed by atoms with Crippen molar-refractivity contribution in [2.24, 2.45) is 11.8 Å². The Hall–Kier alpha value is -0.180. The second-order valence-electron chi connectivity index (χ2n) is 4.21. The van der Waals surface area contributed by atoms with Gasteiger partial charge in [-0.15, -0.1) is 0 Å². The lowest BCUT2D eigenvalue weighted by Crippen LogP contribution is -2.34. The molecule has 0 aromatic rings. The zero-order chi connectivity index (χ0) is 9.90. The average molecular weight is 191 g/mol. The molecular weight excluding hydrogens is 172 g/mol. The monoisotopic (exact) mass is 191 g/mol. The zero-order valence-corrected chi connectivity index (χ0v) is 8.45. The maximum absolute atomic E-state index is 13.6. The van der Waals surface area contributed by atoms with Crippen molar-refractivity contribution in [3.05, 3.63) is 0 Å². The first-order valence-corrected chi connectivity index (χ1v) is 5.13. The predicted octanol–water partition coefficient (Wildman–Crippen LogP) is 2.67. The minimum atomic E-state index is -2.48. The molecule has 0 aromatic carbocycles. The van der Waals surface area contributed by atoms with Crippen molar-refractivity contribution in [3.63, 3.8) is 0 Å². The Morgan fingerprint density at radius 3 is 2.54 bits per heavy atom. The van der Waals surface area contributed by atoms with E-state index >= 15 is 0 Å². The Morgan fingerprint density at radius 1 is 1.23 bits per heavy atom. The summed E-state index contributed by atoms with van der Waals surface area (Å²) in [7, 11) is 0. The number of alkyl halides is 2. The molecule has 1 aliphatic heterocycles. The molecule has 0 amide bonds. The molecule has 1 heterocycles. The largest absolute Gasteiger partial charge is 0.317 e. The molecule has 1 rings (SSSR count). The summed E-state index contributed by atoms with van der Waals surface area (Å²) in [5.41, 5.74) is 0. The van der Waals surface area contributed by atoms with E-state index in [4.69, 9.17) is 0 Å². The number of hydrogen-bond donors (Lipinski definition) is 1. The lowest BCUT2D eigenvalue weighted by atomic mass is 9.87. The van der Waals surface area contributed by atoms with Gasteiger partial charge in [-0.3, -0.25) is 0 Å². The third-order valence-corrected chi connectivity index (χ3v) is 2.89. The van der Waals surface area contributed by atoms with Gasteiger partial charge in [0.15, 0.2) is 0 Å². The van der Waals surface area contributed by atoms with Crippen molar-refractivity contribution in [3.8, 4) is 0 Å². The van der Waals surface area contributed by atoms with Crippen molar-refractivity contribution in [2.45, 2.75) is 39.0 Å². The van der Waals surface area contributed by atoms with Gasteiger partial charge in [0.25, 0.3) is 5.92 Å². The highest BCUT2D eigenvalue weighted by Crippen LogP contribution is 2.37. The Bertz CT molecular complexity index is 149. The highest BCUT2D eigenvalue weighted by atomic mass is 19.3. The molecule has 1 N–H and O–H groups in total. The minimum Gasteiger partial charge on any atom is -0.317 e. The summed E-state index contributed by atoms with van der Waals surface area (Å²) in [6, 6.07) is 0. The van der Waals surface area contributed by atoms with E-state index < -0.39 is 17.8 Å². The van der Waals surface area contributed by atoms with Crippen molar-refractivity contribution < 1.29 is 8.78 Å². The van der Waals surface area contributed by atoms with E-state index in [1.54, 1.807) is 13.8 Å². The first-order valence-electron chi connectivity index (χ1n) is 5.13. The average Bonchev–Trinajstić information content (AvgIpc) is 2.31. The molecule has 1 nitrogen and oxygen atoms in total. The second kappa shape index (κ2) is 4.36. The smallest absolute Gasteiger partial charge is 0.253 e. The van der Waals surface area contributed by atoms with Gasteiger partial charge in [0.1, 0.15) is 0 Å². The summed E-state index contributed by atoms with van der Waals surface area (Å²) in [5.74, 6) is -3.43. The molecule has 0 radical (unpaired) electrons. The number of hydrogen-bond acceptors (Lipinski definition) is 1. The Kier molecular flexibility index (Phi) is 3.65. The van der Waals surface area contributed by atoms with Gasteiger partial charge in [-0.05, 0) is 32.4 Å². The molecule has 3 heteroatoms. The molecule has 0 aliphatic carbocycles. The standard InChI is InChI=1S/C10H19F2N/c1-8(2)10(11,12)9-4-3-6-13-7-5-9/h8-9,13H,3-7H2,1-2H3. The van der Waals surface area contributed by atoms with Gasteiger partial charge >= 0.3 is 0 Å². The van der Waals surface area contributed by atoms with Crippen LogP contribution in [-0.4, -0.2) is 19.0 Å². The second-order valence-corrected chi connectivity index (χ2v) is 4.21. The summed E-state index contributed by atoms with van der Waals surface area (Å²) in [6.45, 7) is 4.86. The maximum atomic E-state index is 13.6. The molecule has 0 spiro atoms. The van der Waals surface area contributed by atoms with E-state index in [-0.39, 0.29) is 0 Å². The Balaban J connectivity index is 2.57. The highest BCUT2D eigenvalue weighted by molar-refractivity contribution is 4.82. The third-order valence-electron chi connectivity index (χ3n) is 2.89. The predicted molar refractivity (Wildman–Crippen MR) is 50.0 cm³/mol. The third kappa shape index (κ3) is 2.63. The molecule has 1 unspecified atom stereocenters. The van der Waals surface area contributed by atoms with Gasteiger partial charge in [-0.1, -0.05) is 13.8 Å². The summed E-state index contributed by atoms with van der Waals surface area (Å²) in [4.78, 5) is 0. The molecule has 1 atom stereocenters. The lowest BCUT2D eigenvalue weighted by Gasteiger charge is -2.28. The molecule has 13 heavy (non-hydrogen) atoms. The van der Waals surface area contributed by atoms with Crippen molar-refractivity contribution in [1.29, 1.82) is 0 Å². The molecule has 0 bridgehead atoms. The maximum Gasteiger partial charge on any atom is 0.253 e. The van der Waals surface area contributed by atoms with Crippen LogP contribution >= 0.6 is 0 Å². The number of halogens is 2. The topological polar surface area (TPSA) is 12.0 Å². The van der Waals surface area contributed by atoms with Gasteiger partial charge in [0.05, 0.1) is 0 Å². The van der Waals surface area contributed by atoms with Crippen LogP contribution < -0.4 is 5.32 Å². The summed E-state index contributed by atoms with van der Waals surface area (Å²) < 4.78 is 27.2. The fraction of sp³-hybridized carbons (Fsp3) is 1.00. The minimum absolute atomic E-state index is 0.414. The molecule has 1 saturated heterocycles. The fourth-order valence-electron chi connectivity index (χ4n) is 1.88. The highest BCUT2D eigenvalue weighted by Gasteiger charge is 2.41. The number of rotatable bonds is 2. The van der Waals surface area contributed by atoms with E-state index in [1.807, 2.05) is 0 Å². The molecule has 0 aromatic heterocycles. The van der Waals surface area contributed by atoms with E-state index in [0.29, 0.717) is 12.8 Å². The quantitative estimate of drug-likeness (QED) is 0.707. The first kappa shape index (κ1) is 10.9. The lowest BCUT2D eigenvalue weighted by molar-refractivity contribution is -0.101.